The van der Waals surface area contributed by atoms with Gasteiger partial charge >= 0.3 is 17.7 Å². The van der Waals surface area contributed by atoms with Crippen molar-refractivity contribution in [2.75, 3.05) is 13.1 Å². The Morgan fingerprint density at radius 2 is 1.53 bits per heavy atom. The number of rotatable bonds is 0. The van der Waals surface area contributed by atoms with E-state index >= 15 is 0 Å². The van der Waals surface area contributed by atoms with Crippen molar-refractivity contribution in [2.45, 2.75) is 19.0 Å². The average molecular weight is 278 g/mol. The van der Waals surface area contributed by atoms with Gasteiger partial charge in [-0.3, -0.25) is 4.79 Å². The highest BCUT2D eigenvalue weighted by Crippen LogP contribution is 2.34. The molecule has 0 aromatic rings. The van der Waals surface area contributed by atoms with E-state index in [2.05, 4.69) is 0 Å². The fourth-order valence-corrected chi connectivity index (χ4v) is 1.55. The van der Waals surface area contributed by atoms with Crippen LogP contribution >= 0.6 is 11.6 Å². The van der Waals surface area contributed by atoms with Crippen molar-refractivity contribution in [1.29, 1.82) is 0 Å². The zero-order chi connectivity index (χ0) is 13.6. The van der Waals surface area contributed by atoms with Crippen molar-refractivity contribution in [3.63, 3.8) is 0 Å². The number of amides is 1. The Kier molecular flexibility index (Phi) is 6.08. The maximum Gasteiger partial charge on any atom is 0.503 e. The summed E-state index contributed by atoms with van der Waals surface area (Å²) >= 11 is 5.12. The first-order valence-electron chi connectivity index (χ1n) is 4.57. The van der Waals surface area contributed by atoms with E-state index in [9.17, 15) is 18.0 Å². The van der Waals surface area contributed by atoms with Crippen LogP contribution in [0.15, 0.2) is 0 Å². The minimum Gasteiger partial charge on any atom is -0.450 e. The van der Waals surface area contributed by atoms with Crippen LogP contribution in [-0.2, 0) is 0 Å². The number of carbonyl (C=O) groups is 2. The Labute approximate surface area is 99.8 Å². The third-order valence-corrected chi connectivity index (χ3v) is 2.45. The summed E-state index contributed by atoms with van der Waals surface area (Å²) in [4.78, 5) is 20.3. The first-order chi connectivity index (χ1) is 7.64. The number of alkyl halides is 3. The molecule has 0 aromatic heterocycles. The Morgan fingerprint density at radius 1 is 1.18 bits per heavy atom. The number of nitrogens with zero attached hydrogens (tertiary/aromatic N) is 1. The van der Waals surface area contributed by atoms with Gasteiger partial charge in [0.15, 0.2) is 0 Å². The summed E-state index contributed by atoms with van der Waals surface area (Å²) in [6.45, 7) is 0.207. The van der Waals surface area contributed by atoms with Gasteiger partial charge in [-0.2, -0.15) is 13.2 Å². The Morgan fingerprint density at radius 3 is 1.76 bits per heavy atom. The van der Waals surface area contributed by atoms with Gasteiger partial charge in [-0.25, -0.2) is 4.79 Å². The van der Waals surface area contributed by atoms with Crippen LogP contribution < -0.4 is 0 Å². The van der Waals surface area contributed by atoms with Crippen LogP contribution in [0.2, 0.25) is 0 Å². The number of hydrogen-bond donors (Lipinski definition) is 2. The smallest absolute Gasteiger partial charge is 0.450 e. The van der Waals surface area contributed by atoms with Crippen LogP contribution in [0.4, 0.5) is 22.8 Å². The lowest BCUT2D eigenvalue weighted by Crippen LogP contribution is -2.40. The van der Waals surface area contributed by atoms with Gasteiger partial charge < -0.3 is 15.1 Å². The number of carbonyl (C=O) groups excluding carboxylic acids is 1. The molecule has 0 unspecified atom stereocenters. The number of halogens is 4. The molecule has 0 aliphatic carbocycles. The summed E-state index contributed by atoms with van der Waals surface area (Å²) in [5, 5.41) is 13.3. The first kappa shape index (κ1) is 15.8. The molecular weight excluding hydrogens is 267 g/mol. The van der Waals surface area contributed by atoms with E-state index in [0.717, 1.165) is 0 Å². The summed E-state index contributed by atoms with van der Waals surface area (Å²) in [6, 6.07) is 0. The van der Waals surface area contributed by atoms with E-state index in [1.165, 1.54) is 4.90 Å². The Bertz CT molecular complexity index is 272. The summed E-state index contributed by atoms with van der Waals surface area (Å²) in [5.41, 5.74) is 0. The van der Waals surface area contributed by atoms with E-state index in [-0.39, 0.29) is 25.9 Å². The molecule has 100 valence electrons. The molecule has 1 aliphatic rings. The topological polar surface area (TPSA) is 77.8 Å². The van der Waals surface area contributed by atoms with Crippen LogP contribution in [0.3, 0.4) is 0 Å². The Balaban J connectivity index is 0.000000557. The van der Waals surface area contributed by atoms with E-state index in [1.54, 1.807) is 0 Å². The summed E-state index contributed by atoms with van der Waals surface area (Å²) < 4.78 is 36.4. The normalized spacial score (nSPS) is 17.1. The van der Waals surface area contributed by atoms with Crippen molar-refractivity contribution in [2.24, 2.45) is 5.92 Å². The molecule has 2 N–H and O–H groups in total. The van der Waals surface area contributed by atoms with Gasteiger partial charge in [0.25, 0.3) is 0 Å². The van der Waals surface area contributed by atoms with Crippen molar-refractivity contribution in [1.82, 2.24) is 4.90 Å². The number of carboxylic acid groups (broad SMARTS) is 2. The second-order valence-electron chi connectivity index (χ2n) is 3.34. The van der Waals surface area contributed by atoms with Crippen LogP contribution in [0, 0.1) is 5.92 Å². The largest absolute Gasteiger partial charge is 0.503 e. The predicted molar refractivity (Wildman–Crippen MR) is 52.3 cm³/mol. The molecule has 0 atom stereocenters. The fraction of sp³-hybridized carbons (Fsp3) is 0.750. The van der Waals surface area contributed by atoms with Gasteiger partial charge in [0.2, 0.25) is 0 Å². The monoisotopic (exact) mass is 277 g/mol. The molecule has 0 spiro atoms. The SMILES string of the molecule is O=C(Cl)N1CCC(C(F)(F)F)CC1.O=C(O)O. The summed E-state index contributed by atoms with van der Waals surface area (Å²) in [7, 11) is 0. The second kappa shape index (κ2) is 6.53. The highest BCUT2D eigenvalue weighted by molar-refractivity contribution is 6.62. The quantitative estimate of drug-likeness (QED) is 0.527. The number of likely N-dealkylation sites (tertiary alicyclic amines) is 1. The molecule has 0 radical (unpaired) electrons. The Hall–Kier alpha value is -1.18. The van der Waals surface area contributed by atoms with E-state index in [1.807, 2.05) is 0 Å². The summed E-state index contributed by atoms with van der Waals surface area (Å²) in [6.07, 6.45) is -6.05. The van der Waals surface area contributed by atoms with Crippen LogP contribution in [-0.4, -0.2) is 45.9 Å². The molecule has 1 heterocycles. The fourth-order valence-electron chi connectivity index (χ4n) is 1.38. The van der Waals surface area contributed by atoms with Gasteiger partial charge in [0.1, 0.15) is 0 Å². The van der Waals surface area contributed by atoms with Crippen LogP contribution in [0.1, 0.15) is 12.8 Å². The predicted octanol–water partition coefficient (Wildman–Crippen LogP) is 2.84. The summed E-state index contributed by atoms with van der Waals surface area (Å²) in [5.74, 6) is -1.28. The van der Waals surface area contributed by atoms with Crippen molar-refractivity contribution in [3.8, 4) is 0 Å². The molecule has 1 fully saturated rings. The van der Waals surface area contributed by atoms with Crippen molar-refractivity contribution < 1.29 is 33.0 Å². The molecule has 0 bridgehead atoms. The lowest BCUT2D eigenvalue weighted by atomic mass is 9.97. The van der Waals surface area contributed by atoms with Crippen LogP contribution in [0.5, 0.6) is 0 Å². The van der Waals surface area contributed by atoms with E-state index < -0.39 is 23.6 Å². The molecule has 0 aromatic carbocycles. The molecular formula is C8H11ClF3NO4. The molecule has 0 saturated carbocycles. The van der Waals surface area contributed by atoms with Crippen LogP contribution in [0.25, 0.3) is 0 Å². The first-order valence-corrected chi connectivity index (χ1v) is 4.95. The minimum atomic E-state index is -4.14. The molecule has 17 heavy (non-hydrogen) atoms. The highest BCUT2D eigenvalue weighted by Gasteiger charge is 2.41. The van der Waals surface area contributed by atoms with Crippen molar-refractivity contribution in [3.05, 3.63) is 0 Å². The molecule has 1 rings (SSSR count). The van der Waals surface area contributed by atoms with Gasteiger partial charge in [-0.05, 0) is 24.4 Å². The van der Waals surface area contributed by atoms with E-state index in [4.69, 9.17) is 26.6 Å². The molecule has 1 aliphatic heterocycles. The van der Waals surface area contributed by atoms with Gasteiger partial charge in [0.05, 0.1) is 5.92 Å². The lowest BCUT2D eigenvalue weighted by molar-refractivity contribution is -0.183. The maximum atomic E-state index is 12.1. The zero-order valence-corrected chi connectivity index (χ0v) is 9.33. The number of piperidine rings is 1. The third kappa shape index (κ3) is 6.88. The molecule has 9 heteroatoms. The average Bonchev–Trinajstić information content (AvgIpc) is 2.15. The van der Waals surface area contributed by atoms with E-state index in [0.29, 0.717) is 0 Å². The van der Waals surface area contributed by atoms with Gasteiger partial charge in [-0.1, -0.05) is 0 Å². The number of hydrogen-bond acceptors (Lipinski definition) is 2. The second-order valence-corrected chi connectivity index (χ2v) is 3.66. The zero-order valence-electron chi connectivity index (χ0n) is 8.58. The standard InChI is InChI=1S/C7H9ClF3NO.CH2O3/c8-6(13)12-3-1-5(2-4-12)7(9,10)11;2-1(3)4/h5H,1-4H2;(H2,2,3,4). The molecule has 1 amide bonds. The molecule has 5 nitrogen and oxygen atoms in total. The lowest BCUT2D eigenvalue weighted by Gasteiger charge is -2.31. The highest BCUT2D eigenvalue weighted by atomic mass is 35.5. The van der Waals surface area contributed by atoms with Crippen molar-refractivity contribution >= 4 is 23.1 Å². The third-order valence-electron chi connectivity index (χ3n) is 2.21. The van der Waals surface area contributed by atoms with Gasteiger partial charge in [-0.15, -0.1) is 0 Å². The molecule has 1 saturated heterocycles. The maximum absolute atomic E-state index is 12.1. The minimum absolute atomic E-state index is 0.0397. The van der Waals surface area contributed by atoms with Gasteiger partial charge in [0, 0.05) is 13.1 Å².